The van der Waals surface area contributed by atoms with Gasteiger partial charge in [0.2, 0.25) is 0 Å². The molecule has 5 nitrogen and oxygen atoms in total. The lowest BCUT2D eigenvalue weighted by molar-refractivity contribution is 0.0910. The van der Waals surface area contributed by atoms with Crippen LogP contribution in [0.4, 0.5) is 0 Å². The molecule has 1 aromatic carbocycles. The molecular formula is C15H21ClN2O3. The van der Waals surface area contributed by atoms with Crippen LogP contribution in [-0.4, -0.2) is 31.2 Å². The van der Waals surface area contributed by atoms with Crippen LogP contribution < -0.4 is 20.5 Å². The molecule has 2 unspecified atom stereocenters. The zero-order valence-corrected chi connectivity index (χ0v) is 12.7. The molecule has 0 bridgehead atoms. The Morgan fingerprint density at radius 1 is 1.19 bits per heavy atom. The second-order valence-corrected chi connectivity index (χ2v) is 5.36. The Morgan fingerprint density at radius 2 is 1.95 bits per heavy atom. The fourth-order valence-corrected chi connectivity index (χ4v) is 2.84. The predicted octanol–water partition coefficient (Wildman–Crippen LogP) is 1.88. The Kier molecular flexibility index (Phi) is 5.31. The standard InChI is InChI=1S/C15H20N2O3.ClH/c16-11-5-1-2-6-12(11)17-15(18)10-4-3-7-13-14(10)20-9-8-19-13;/h3-4,7,11-12H,1-2,5-6,8-9,16H2,(H,17,18);1H. The van der Waals surface area contributed by atoms with Crippen molar-refractivity contribution in [3.8, 4) is 11.5 Å². The van der Waals surface area contributed by atoms with Crippen molar-refractivity contribution >= 4 is 18.3 Å². The van der Waals surface area contributed by atoms with Crippen molar-refractivity contribution in [3.05, 3.63) is 23.8 Å². The van der Waals surface area contributed by atoms with Gasteiger partial charge in [-0.3, -0.25) is 4.79 Å². The van der Waals surface area contributed by atoms with Crippen LogP contribution in [0.15, 0.2) is 18.2 Å². The van der Waals surface area contributed by atoms with E-state index in [0.717, 1.165) is 25.7 Å². The summed E-state index contributed by atoms with van der Waals surface area (Å²) in [5.41, 5.74) is 6.60. The molecule has 2 aliphatic rings. The van der Waals surface area contributed by atoms with Gasteiger partial charge in [0.05, 0.1) is 5.56 Å². The largest absolute Gasteiger partial charge is 0.486 e. The second-order valence-electron chi connectivity index (χ2n) is 5.36. The Bertz CT molecular complexity index is 510. The first-order chi connectivity index (χ1) is 9.75. The van der Waals surface area contributed by atoms with Crippen molar-refractivity contribution in [2.24, 2.45) is 5.73 Å². The van der Waals surface area contributed by atoms with Crippen molar-refractivity contribution in [2.75, 3.05) is 13.2 Å². The number of ether oxygens (including phenoxy) is 2. The number of benzene rings is 1. The zero-order valence-electron chi connectivity index (χ0n) is 11.8. The first-order valence-electron chi connectivity index (χ1n) is 7.21. The molecule has 0 radical (unpaired) electrons. The Balaban J connectivity index is 0.00000161. The molecular weight excluding hydrogens is 292 g/mol. The smallest absolute Gasteiger partial charge is 0.255 e. The summed E-state index contributed by atoms with van der Waals surface area (Å²) in [5, 5.41) is 3.04. The van der Waals surface area contributed by atoms with E-state index in [4.69, 9.17) is 15.2 Å². The number of hydrogen-bond acceptors (Lipinski definition) is 4. The minimum absolute atomic E-state index is 0. The maximum atomic E-state index is 12.4. The van der Waals surface area contributed by atoms with E-state index >= 15 is 0 Å². The quantitative estimate of drug-likeness (QED) is 0.874. The van der Waals surface area contributed by atoms with Gasteiger partial charge in [-0.25, -0.2) is 0 Å². The highest BCUT2D eigenvalue weighted by atomic mass is 35.5. The molecule has 1 aromatic rings. The minimum atomic E-state index is -0.130. The topological polar surface area (TPSA) is 73.6 Å². The highest BCUT2D eigenvalue weighted by molar-refractivity contribution is 5.98. The SMILES string of the molecule is Cl.NC1CCCCC1NC(=O)c1cccc2c1OCCO2. The predicted molar refractivity (Wildman–Crippen MR) is 82.4 cm³/mol. The summed E-state index contributed by atoms with van der Waals surface area (Å²) >= 11 is 0. The molecule has 1 saturated carbocycles. The summed E-state index contributed by atoms with van der Waals surface area (Å²) in [7, 11) is 0. The van der Waals surface area contributed by atoms with Gasteiger partial charge < -0.3 is 20.5 Å². The lowest BCUT2D eigenvalue weighted by atomic mass is 9.91. The van der Waals surface area contributed by atoms with E-state index in [-0.39, 0.29) is 30.4 Å². The molecule has 1 amide bonds. The van der Waals surface area contributed by atoms with Crippen LogP contribution >= 0.6 is 12.4 Å². The number of rotatable bonds is 2. The number of carbonyl (C=O) groups is 1. The van der Waals surface area contributed by atoms with Gasteiger partial charge in [0, 0.05) is 12.1 Å². The van der Waals surface area contributed by atoms with E-state index in [1.807, 2.05) is 12.1 Å². The van der Waals surface area contributed by atoms with E-state index in [2.05, 4.69) is 5.32 Å². The van der Waals surface area contributed by atoms with E-state index in [0.29, 0.717) is 30.3 Å². The van der Waals surface area contributed by atoms with Gasteiger partial charge in [0.1, 0.15) is 13.2 Å². The van der Waals surface area contributed by atoms with Gasteiger partial charge in [-0.2, -0.15) is 0 Å². The Labute approximate surface area is 130 Å². The zero-order chi connectivity index (χ0) is 13.9. The highest BCUT2D eigenvalue weighted by Crippen LogP contribution is 2.33. The van der Waals surface area contributed by atoms with Crippen LogP contribution in [0.3, 0.4) is 0 Å². The van der Waals surface area contributed by atoms with Crippen molar-refractivity contribution in [2.45, 2.75) is 37.8 Å². The molecule has 2 atom stereocenters. The summed E-state index contributed by atoms with van der Waals surface area (Å²) in [6.07, 6.45) is 4.17. The number of halogens is 1. The number of fused-ring (bicyclic) bond motifs is 1. The lowest BCUT2D eigenvalue weighted by Crippen LogP contribution is -2.49. The average Bonchev–Trinajstić information content (AvgIpc) is 2.49. The molecule has 21 heavy (non-hydrogen) atoms. The summed E-state index contributed by atoms with van der Waals surface area (Å²) in [6.45, 7) is 0.992. The maximum absolute atomic E-state index is 12.4. The van der Waals surface area contributed by atoms with Gasteiger partial charge >= 0.3 is 0 Å². The van der Waals surface area contributed by atoms with Gasteiger partial charge in [0.15, 0.2) is 11.5 Å². The maximum Gasteiger partial charge on any atom is 0.255 e. The van der Waals surface area contributed by atoms with Crippen LogP contribution in [0.5, 0.6) is 11.5 Å². The van der Waals surface area contributed by atoms with Crippen molar-refractivity contribution in [1.29, 1.82) is 0 Å². The molecule has 6 heteroatoms. The van der Waals surface area contributed by atoms with E-state index in [9.17, 15) is 4.79 Å². The number of nitrogens with one attached hydrogen (secondary N) is 1. The van der Waals surface area contributed by atoms with Crippen LogP contribution in [0.2, 0.25) is 0 Å². The van der Waals surface area contributed by atoms with Gasteiger partial charge in [-0.1, -0.05) is 18.9 Å². The number of carbonyl (C=O) groups excluding carboxylic acids is 1. The summed E-state index contributed by atoms with van der Waals surface area (Å²) in [4.78, 5) is 12.4. The second kappa shape index (κ2) is 7.00. The van der Waals surface area contributed by atoms with Crippen LogP contribution in [0.25, 0.3) is 0 Å². The molecule has 3 rings (SSSR count). The molecule has 1 heterocycles. The third kappa shape index (κ3) is 3.41. The normalized spacial score (nSPS) is 23.9. The number of hydrogen-bond donors (Lipinski definition) is 2. The van der Waals surface area contributed by atoms with Gasteiger partial charge in [-0.05, 0) is 25.0 Å². The monoisotopic (exact) mass is 312 g/mol. The third-order valence-corrected chi connectivity index (χ3v) is 3.95. The minimum Gasteiger partial charge on any atom is -0.486 e. The van der Waals surface area contributed by atoms with E-state index < -0.39 is 0 Å². The summed E-state index contributed by atoms with van der Waals surface area (Å²) in [5.74, 6) is 1.05. The van der Waals surface area contributed by atoms with Crippen LogP contribution in [-0.2, 0) is 0 Å². The number of para-hydroxylation sites is 1. The molecule has 1 aliphatic carbocycles. The molecule has 3 N–H and O–H groups in total. The molecule has 0 spiro atoms. The highest BCUT2D eigenvalue weighted by Gasteiger charge is 2.26. The van der Waals surface area contributed by atoms with Crippen molar-refractivity contribution < 1.29 is 14.3 Å². The Morgan fingerprint density at radius 3 is 2.76 bits per heavy atom. The molecule has 0 saturated heterocycles. The lowest BCUT2D eigenvalue weighted by Gasteiger charge is -2.29. The average molecular weight is 313 g/mol. The summed E-state index contributed by atoms with van der Waals surface area (Å²) in [6, 6.07) is 5.49. The Hall–Kier alpha value is -1.46. The van der Waals surface area contributed by atoms with Gasteiger partial charge in [0.25, 0.3) is 5.91 Å². The van der Waals surface area contributed by atoms with Crippen molar-refractivity contribution in [1.82, 2.24) is 5.32 Å². The molecule has 1 fully saturated rings. The first kappa shape index (κ1) is 15.9. The van der Waals surface area contributed by atoms with Gasteiger partial charge in [-0.15, -0.1) is 12.4 Å². The van der Waals surface area contributed by atoms with Crippen LogP contribution in [0.1, 0.15) is 36.0 Å². The number of nitrogens with two attached hydrogens (primary N) is 1. The van der Waals surface area contributed by atoms with E-state index in [1.54, 1.807) is 6.07 Å². The fourth-order valence-electron chi connectivity index (χ4n) is 2.84. The molecule has 1 aliphatic heterocycles. The van der Waals surface area contributed by atoms with Crippen molar-refractivity contribution in [3.63, 3.8) is 0 Å². The van der Waals surface area contributed by atoms with E-state index in [1.165, 1.54) is 0 Å². The first-order valence-corrected chi connectivity index (χ1v) is 7.21. The summed E-state index contributed by atoms with van der Waals surface area (Å²) < 4.78 is 11.1. The molecule has 0 aromatic heterocycles. The number of amides is 1. The van der Waals surface area contributed by atoms with Crippen LogP contribution in [0, 0.1) is 0 Å². The third-order valence-electron chi connectivity index (χ3n) is 3.95. The molecule has 116 valence electrons. The fraction of sp³-hybridized carbons (Fsp3) is 0.533.